The monoisotopic (exact) mass is 329 g/mol. The first-order chi connectivity index (χ1) is 11.5. The third-order valence-corrected chi connectivity index (χ3v) is 5.03. The van der Waals surface area contributed by atoms with Gasteiger partial charge in [-0.15, -0.1) is 0 Å². The van der Waals surface area contributed by atoms with Gasteiger partial charge in [0.15, 0.2) is 0 Å². The maximum Gasteiger partial charge on any atom is 0.251 e. The molecule has 1 heterocycles. The van der Waals surface area contributed by atoms with Crippen molar-refractivity contribution >= 4 is 17.7 Å². The summed E-state index contributed by atoms with van der Waals surface area (Å²) in [7, 11) is 1.57. The average molecular weight is 329 g/mol. The molecule has 0 saturated carbocycles. The Morgan fingerprint density at radius 3 is 2.58 bits per heavy atom. The number of amides is 3. The number of rotatable bonds is 3. The van der Waals surface area contributed by atoms with E-state index in [-0.39, 0.29) is 23.8 Å². The van der Waals surface area contributed by atoms with E-state index in [0.717, 1.165) is 19.3 Å². The third-order valence-electron chi connectivity index (χ3n) is 5.03. The second kappa shape index (κ2) is 6.63. The second-order valence-corrected chi connectivity index (χ2v) is 6.56. The molecule has 2 aliphatic rings. The lowest BCUT2D eigenvalue weighted by Gasteiger charge is -2.18. The fourth-order valence-electron chi connectivity index (χ4n) is 3.62. The van der Waals surface area contributed by atoms with Crippen molar-refractivity contribution in [2.75, 3.05) is 20.1 Å². The van der Waals surface area contributed by atoms with E-state index in [0.29, 0.717) is 18.7 Å². The number of carbonyl (C=O) groups is 3. The molecule has 2 atom stereocenters. The molecule has 0 unspecified atom stereocenters. The van der Waals surface area contributed by atoms with Gasteiger partial charge in [-0.3, -0.25) is 14.4 Å². The summed E-state index contributed by atoms with van der Waals surface area (Å²) >= 11 is 0. The smallest absolute Gasteiger partial charge is 0.251 e. The molecule has 0 aromatic heterocycles. The third kappa shape index (κ3) is 3.13. The molecule has 1 fully saturated rings. The molecule has 128 valence electrons. The molecule has 24 heavy (non-hydrogen) atoms. The number of carbonyl (C=O) groups excluding carboxylic acids is 3. The maximum absolute atomic E-state index is 12.6. The van der Waals surface area contributed by atoms with Gasteiger partial charge in [-0.1, -0.05) is 6.07 Å². The van der Waals surface area contributed by atoms with Crippen molar-refractivity contribution in [3.8, 4) is 0 Å². The zero-order valence-corrected chi connectivity index (χ0v) is 14.1. The van der Waals surface area contributed by atoms with Crippen LogP contribution in [0.2, 0.25) is 0 Å². The summed E-state index contributed by atoms with van der Waals surface area (Å²) in [6, 6.07) is 5.44. The number of aryl methyl sites for hydroxylation is 2. The lowest BCUT2D eigenvalue weighted by molar-refractivity contribution is -0.128. The van der Waals surface area contributed by atoms with Gasteiger partial charge in [0.25, 0.3) is 5.91 Å². The van der Waals surface area contributed by atoms with E-state index in [9.17, 15) is 14.4 Å². The predicted molar refractivity (Wildman–Crippen MR) is 89.5 cm³/mol. The lowest BCUT2D eigenvalue weighted by atomic mass is 10.0. The van der Waals surface area contributed by atoms with Gasteiger partial charge in [0.2, 0.25) is 11.8 Å². The Hall–Kier alpha value is -2.37. The summed E-state index contributed by atoms with van der Waals surface area (Å²) in [5.74, 6) is -0.845. The van der Waals surface area contributed by atoms with Crippen molar-refractivity contribution in [1.29, 1.82) is 0 Å². The molecule has 0 spiro atoms. The first-order valence-corrected chi connectivity index (χ1v) is 8.39. The zero-order valence-electron chi connectivity index (χ0n) is 14.1. The van der Waals surface area contributed by atoms with Crippen molar-refractivity contribution < 1.29 is 14.4 Å². The fourth-order valence-corrected chi connectivity index (χ4v) is 3.62. The summed E-state index contributed by atoms with van der Waals surface area (Å²) in [5, 5.41) is 5.56. The number of nitrogens with zero attached hydrogens (tertiary/aromatic N) is 1. The Balaban J connectivity index is 1.74. The van der Waals surface area contributed by atoms with Crippen molar-refractivity contribution in [2.24, 2.45) is 5.92 Å². The minimum atomic E-state index is -0.419. The topological polar surface area (TPSA) is 78.5 Å². The standard InChI is InChI=1S/C18H23N3O3/c1-11(22)21-9-15(18(24)19-2)16(10-21)20-17(23)14-7-6-12-4-3-5-13(12)8-14/h6-8,15-16H,3-5,9-10H2,1-2H3,(H,19,24)(H,20,23)/t15-,16+/m1/s1. The molecular formula is C18H23N3O3. The number of nitrogens with one attached hydrogen (secondary N) is 2. The SMILES string of the molecule is CNC(=O)[C@@H]1CN(C(C)=O)C[C@@H]1NC(=O)c1ccc2c(c1)CCC2. The predicted octanol–water partition coefficient (Wildman–Crippen LogP) is 0.498. The first-order valence-electron chi connectivity index (χ1n) is 8.39. The highest BCUT2D eigenvalue weighted by atomic mass is 16.2. The zero-order chi connectivity index (χ0) is 17.3. The van der Waals surface area contributed by atoms with Gasteiger partial charge in [0.1, 0.15) is 0 Å². The number of hydrogen-bond donors (Lipinski definition) is 2. The Bertz CT molecular complexity index is 686. The molecule has 0 radical (unpaired) electrons. The fraction of sp³-hybridized carbons (Fsp3) is 0.500. The van der Waals surface area contributed by atoms with Gasteiger partial charge in [0, 0.05) is 32.6 Å². The van der Waals surface area contributed by atoms with Crippen LogP contribution in [0.1, 0.15) is 34.8 Å². The molecule has 1 aromatic carbocycles. The van der Waals surface area contributed by atoms with E-state index in [1.807, 2.05) is 18.2 Å². The first kappa shape index (κ1) is 16.5. The summed E-state index contributed by atoms with van der Waals surface area (Å²) in [4.78, 5) is 37.9. The quantitative estimate of drug-likeness (QED) is 0.847. The lowest BCUT2D eigenvalue weighted by Crippen LogP contribution is -2.45. The molecule has 3 amide bonds. The summed E-state index contributed by atoms with van der Waals surface area (Å²) in [5.41, 5.74) is 3.17. The van der Waals surface area contributed by atoms with Gasteiger partial charge < -0.3 is 15.5 Å². The van der Waals surface area contributed by atoms with Crippen molar-refractivity contribution in [3.05, 3.63) is 34.9 Å². The normalized spacial score (nSPS) is 22.2. The van der Waals surface area contributed by atoms with Crippen LogP contribution in [0.25, 0.3) is 0 Å². The van der Waals surface area contributed by atoms with Gasteiger partial charge in [-0.25, -0.2) is 0 Å². The summed E-state index contributed by atoms with van der Waals surface area (Å²) in [6.45, 7) is 2.18. The van der Waals surface area contributed by atoms with Crippen LogP contribution < -0.4 is 10.6 Å². The van der Waals surface area contributed by atoms with E-state index < -0.39 is 5.92 Å². The van der Waals surface area contributed by atoms with Crippen LogP contribution >= 0.6 is 0 Å². The molecule has 3 rings (SSSR count). The van der Waals surface area contributed by atoms with Crippen molar-refractivity contribution in [3.63, 3.8) is 0 Å². The van der Waals surface area contributed by atoms with Gasteiger partial charge >= 0.3 is 0 Å². The molecule has 1 aliphatic heterocycles. The second-order valence-electron chi connectivity index (χ2n) is 6.56. The molecule has 1 aromatic rings. The molecule has 6 heteroatoms. The van der Waals surface area contributed by atoms with E-state index in [2.05, 4.69) is 10.6 Å². The summed E-state index contributed by atoms with van der Waals surface area (Å²) in [6.07, 6.45) is 3.22. The Labute approximate surface area is 141 Å². The largest absolute Gasteiger partial charge is 0.359 e. The van der Waals surface area contributed by atoms with Gasteiger partial charge in [-0.05, 0) is 42.5 Å². The van der Waals surface area contributed by atoms with Crippen molar-refractivity contribution in [1.82, 2.24) is 15.5 Å². The molecule has 0 bridgehead atoms. The molecule has 1 aliphatic carbocycles. The van der Waals surface area contributed by atoms with Crippen LogP contribution in [0.4, 0.5) is 0 Å². The van der Waals surface area contributed by atoms with Crippen LogP contribution in [0.5, 0.6) is 0 Å². The van der Waals surface area contributed by atoms with E-state index in [4.69, 9.17) is 0 Å². The maximum atomic E-state index is 12.6. The Morgan fingerprint density at radius 1 is 1.12 bits per heavy atom. The van der Waals surface area contributed by atoms with Gasteiger partial charge in [0.05, 0.1) is 12.0 Å². The molecule has 6 nitrogen and oxygen atoms in total. The highest BCUT2D eigenvalue weighted by Crippen LogP contribution is 2.23. The summed E-state index contributed by atoms with van der Waals surface area (Å²) < 4.78 is 0. The molecular weight excluding hydrogens is 306 g/mol. The van der Waals surface area contributed by atoms with Crippen LogP contribution in [0.3, 0.4) is 0 Å². The minimum Gasteiger partial charge on any atom is -0.359 e. The van der Waals surface area contributed by atoms with Crippen LogP contribution in [-0.4, -0.2) is 48.8 Å². The van der Waals surface area contributed by atoms with E-state index in [1.165, 1.54) is 18.1 Å². The van der Waals surface area contributed by atoms with Crippen LogP contribution in [-0.2, 0) is 22.4 Å². The van der Waals surface area contributed by atoms with Crippen LogP contribution in [0.15, 0.2) is 18.2 Å². The highest BCUT2D eigenvalue weighted by molar-refractivity contribution is 5.95. The van der Waals surface area contributed by atoms with E-state index >= 15 is 0 Å². The van der Waals surface area contributed by atoms with Crippen LogP contribution in [0, 0.1) is 5.92 Å². The van der Waals surface area contributed by atoms with Gasteiger partial charge in [-0.2, -0.15) is 0 Å². The number of hydrogen-bond acceptors (Lipinski definition) is 3. The highest BCUT2D eigenvalue weighted by Gasteiger charge is 2.39. The molecule has 1 saturated heterocycles. The van der Waals surface area contributed by atoms with E-state index in [1.54, 1.807) is 11.9 Å². The average Bonchev–Trinajstić information content (AvgIpc) is 3.19. The number of likely N-dealkylation sites (tertiary alicyclic amines) is 1. The van der Waals surface area contributed by atoms with Crippen molar-refractivity contribution in [2.45, 2.75) is 32.2 Å². The Morgan fingerprint density at radius 2 is 1.88 bits per heavy atom. The molecule has 2 N–H and O–H groups in total. The minimum absolute atomic E-state index is 0.0850. The Kier molecular flexibility index (Phi) is 4.55. The number of benzene rings is 1. The number of fused-ring (bicyclic) bond motifs is 1.